The standard InChI is InChI=1S/C24H23N5O3/c1-3-32-24(31)22-18-13-28(23(30)16-6-9-19-20(12-16)26-14-25-19)11-10-21(18)29(27-22)17-7-4-15(2)5-8-17/h4-9,12,14H,3,10-11,13H2,1-2H3,(H,25,26). The summed E-state index contributed by atoms with van der Waals surface area (Å²) in [5.74, 6) is -0.562. The molecule has 0 spiro atoms. The average Bonchev–Trinajstić information content (AvgIpc) is 3.43. The number of hydrogen-bond donors (Lipinski definition) is 1. The van der Waals surface area contributed by atoms with Crippen LogP contribution in [0.5, 0.6) is 0 Å². The second kappa shape index (κ2) is 7.96. The van der Waals surface area contributed by atoms with Crippen molar-refractivity contribution in [3.05, 3.63) is 76.9 Å². The van der Waals surface area contributed by atoms with Gasteiger partial charge in [0.15, 0.2) is 5.69 Å². The monoisotopic (exact) mass is 429 g/mol. The molecule has 4 aromatic rings. The molecular formula is C24H23N5O3. The fourth-order valence-corrected chi connectivity index (χ4v) is 4.11. The quantitative estimate of drug-likeness (QED) is 0.502. The molecule has 8 nitrogen and oxygen atoms in total. The summed E-state index contributed by atoms with van der Waals surface area (Å²) in [6.45, 7) is 4.89. The van der Waals surface area contributed by atoms with Crippen molar-refractivity contribution in [1.29, 1.82) is 0 Å². The summed E-state index contributed by atoms with van der Waals surface area (Å²) < 4.78 is 7.06. The molecule has 1 N–H and O–H groups in total. The van der Waals surface area contributed by atoms with Crippen molar-refractivity contribution in [2.75, 3.05) is 13.2 Å². The highest BCUT2D eigenvalue weighted by atomic mass is 16.5. The number of benzene rings is 2. The highest BCUT2D eigenvalue weighted by Gasteiger charge is 2.31. The van der Waals surface area contributed by atoms with E-state index in [9.17, 15) is 9.59 Å². The van der Waals surface area contributed by atoms with Crippen molar-refractivity contribution in [3.8, 4) is 5.69 Å². The highest BCUT2D eigenvalue weighted by molar-refractivity contribution is 5.97. The Kier molecular flexibility index (Phi) is 4.97. The van der Waals surface area contributed by atoms with Gasteiger partial charge in [-0.15, -0.1) is 0 Å². The number of carbonyl (C=O) groups excluding carboxylic acids is 2. The summed E-state index contributed by atoms with van der Waals surface area (Å²) >= 11 is 0. The first kappa shape index (κ1) is 20.0. The van der Waals surface area contributed by atoms with Gasteiger partial charge in [-0.3, -0.25) is 4.79 Å². The fourth-order valence-electron chi connectivity index (χ4n) is 4.11. The normalized spacial score (nSPS) is 13.2. The SMILES string of the molecule is CCOC(=O)c1nn(-c2ccc(C)cc2)c2c1CN(C(=O)c1ccc3nc[nH]c3c1)CC2. The molecule has 0 unspecified atom stereocenters. The Morgan fingerprint density at radius 1 is 1.16 bits per heavy atom. The Labute approximate surface area is 184 Å². The van der Waals surface area contributed by atoms with Gasteiger partial charge < -0.3 is 14.6 Å². The van der Waals surface area contributed by atoms with Crippen LogP contribution in [0, 0.1) is 6.92 Å². The Balaban J connectivity index is 1.51. The first-order valence-corrected chi connectivity index (χ1v) is 10.6. The Bertz CT molecular complexity index is 1320. The lowest BCUT2D eigenvalue weighted by Gasteiger charge is -2.28. The maximum atomic E-state index is 13.2. The number of nitrogens with zero attached hydrogens (tertiary/aromatic N) is 4. The number of amides is 1. The zero-order chi connectivity index (χ0) is 22.2. The topological polar surface area (TPSA) is 93.1 Å². The van der Waals surface area contributed by atoms with E-state index in [1.165, 1.54) is 0 Å². The van der Waals surface area contributed by atoms with Crippen LogP contribution in [0.25, 0.3) is 16.7 Å². The van der Waals surface area contributed by atoms with E-state index in [0.29, 0.717) is 25.1 Å². The van der Waals surface area contributed by atoms with Gasteiger partial charge in [0.2, 0.25) is 0 Å². The largest absolute Gasteiger partial charge is 0.461 e. The third-order valence-electron chi connectivity index (χ3n) is 5.76. The van der Waals surface area contributed by atoms with Gasteiger partial charge >= 0.3 is 5.97 Å². The lowest BCUT2D eigenvalue weighted by Crippen LogP contribution is -2.36. The Morgan fingerprint density at radius 2 is 1.97 bits per heavy atom. The summed E-state index contributed by atoms with van der Waals surface area (Å²) in [5, 5.41) is 4.60. The van der Waals surface area contributed by atoms with Gasteiger partial charge in [0.25, 0.3) is 5.91 Å². The fraction of sp³-hybridized carbons (Fsp3) is 0.250. The van der Waals surface area contributed by atoms with Crippen molar-refractivity contribution in [3.63, 3.8) is 0 Å². The minimum atomic E-state index is -0.470. The molecule has 32 heavy (non-hydrogen) atoms. The summed E-state index contributed by atoms with van der Waals surface area (Å²) in [7, 11) is 0. The number of aromatic nitrogens is 4. The molecule has 0 aliphatic carbocycles. The first-order chi connectivity index (χ1) is 15.5. The van der Waals surface area contributed by atoms with Crippen LogP contribution >= 0.6 is 0 Å². The van der Waals surface area contributed by atoms with E-state index in [-0.39, 0.29) is 18.2 Å². The Morgan fingerprint density at radius 3 is 2.75 bits per heavy atom. The van der Waals surface area contributed by atoms with E-state index in [2.05, 4.69) is 15.1 Å². The summed E-state index contributed by atoms with van der Waals surface area (Å²) in [6, 6.07) is 13.4. The van der Waals surface area contributed by atoms with Gasteiger partial charge in [0.1, 0.15) is 0 Å². The molecule has 0 bridgehead atoms. The third-order valence-corrected chi connectivity index (χ3v) is 5.76. The van der Waals surface area contributed by atoms with Gasteiger partial charge in [-0.25, -0.2) is 14.5 Å². The van der Waals surface area contributed by atoms with E-state index < -0.39 is 5.97 Å². The van der Waals surface area contributed by atoms with Gasteiger partial charge in [-0.05, 0) is 44.2 Å². The molecule has 5 rings (SSSR count). The van der Waals surface area contributed by atoms with Gasteiger partial charge in [0, 0.05) is 24.1 Å². The zero-order valence-corrected chi connectivity index (χ0v) is 18.0. The average molecular weight is 429 g/mol. The van der Waals surface area contributed by atoms with Crippen LogP contribution in [0.2, 0.25) is 0 Å². The first-order valence-electron chi connectivity index (χ1n) is 10.6. The summed E-state index contributed by atoms with van der Waals surface area (Å²) in [4.78, 5) is 34.9. The number of imidazole rings is 1. The number of rotatable bonds is 4. The van der Waals surface area contributed by atoms with E-state index in [1.54, 1.807) is 28.9 Å². The van der Waals surface area contributed by atoms with Crippen LogP contribution in [0.1, 0.15) is 44.6 Å². The molecule has 1 aliphatic heterocycles. The number of ether oxygens (including phenoxy) is 1. The number of hydrogen-bond acceptors (Lipinski definition) is 5. The van der Waals surface area contributed by atoms with Crippen LogP contribution in [0.15, 0.2) is 48.8 Å². The van der Waals surface area contributed by atoms with Crippen molar-refractivity contribution >= 4 is 22.9 Å². The molecule has 8 heteroatoms. The predicted molar refractivity (Wildman–Crippen MR) is 119 cm³/mol. The van der Waals surface area contributed by atoms with Gasteiger partial charge in [-0.1, -0.05) is 17.7 Å². The molecule has 0 radical (unpaired) electrons. The molecule has 1 amide bonds. The molecule has 3 heterocycles. The smallest absolute Gasteiger partial charge is 0.359 e. The van der Waals surface area contributed by atoms with Gasteiger partial charge in [-0.2, -0.15) is 5.10 Å². The lowest BCUT2D eigenvalue weighted by atomic mass is 10.0. The molecule has 2 aromatic heterocycles. The molecule has 1 aliphatic rings. The number of H-pyrrole nitrogens is 1. The lowest BCUT2D eigenvalue weighted by molar-refractivity contribution is 0.0513. The number of fused-ring (bicyclic) bond motifs is 2. The van der Waals surface area contributed by atoms with Crippen molar-refractivity contribution in [2.45, 2.75) is 26.8 Å². The second-order valence-corrected chi connectivity index (χ2v) is 7.85. The molecule has 0 saturated carbocycles. The van der Waals surface area contributed by atoms with E-state index in [1.807, 2.05) is 43.3 Å². The number of esters is 1. The van der Waals surface area contributed by atoms with Crippen LogP contribution in [-0.2, 0) is 17.7 Å². The molecular weight excluding hydrogens is 406 g/mol. The molecule has 0 fully saturated rings. The molecule has 0 saturated heterocycles. The van der Waals surface area contributed by atoms with Crippen molar-refractivity contribution in [1.82, 2.24) is 24.6 Å². The number of aromatic amines is 1. The molecule has 2 aromatic carbocycles. The van der Waals surface area contributed by atoms with Crippen molar-refractivity contribution < 1.29 is 14.3 Å². The third kappa shape index (κ3) is 3.43. The zero-order valence-electron chi connectivity index (χ0n) is 18.0. The molecule has 162 valence electrons. The van der Waals surface area contributed by atoms with E-state index in [0.717, 1.165) is 33.5 Å². The minimum absolute atomic E-state index is 0.0926. The predicted octanol–water partition coefficient (Wildman–Crippen LogP) is 3.43. The van der Waals surface area contributed by atoms with Crippen LogP contribution < -0.4 is 0 Å². The Hall–Kier alpha value is -3.94. The van der Waals surface area contributed by atoms with Crippen LogP contribution in [-0.4, -0.2) is 49.7 Å². The maximum Gasteiger partial charge on any atom is 0.359 e. The maximum absolute atomic E-state index is 13.2. The van der Waals surface area contributed by atoms with E-state index >= 15 is 0 Å². The van der Waals surface area contributed by atoms with Crippen molar-refractivity contribution in [2.24, 2.45) is 0 Å². The van der Waals surface area contributed by atoms with E-state index in [4.69, 9.17) is 4.74 Å². The summed E-state index contributed by atoms with van der Waals surface area (Å²) in [5.41, 5.74) is 6.17. The molecule has 0 atom stereocenters. The highest BCUT2D eigenvalue weighted by Crippen LogP contribution is 2.27. The van der Waals surface area contributed by atoms with Gasteiger partial charge in [0.05, 0.1) is 41.9 Å². The number of nitrogens with one attached hydrogen (secondary N) is 1. The number of aryl methyl sites for hydroxylation is 1. The summed E-state index contributed by atoms with van der Waals surface area (Å²) in [6.07, 6.45) is 2.20. The van der Waals surface area contributed by atoms with Crippen LogP contribution in [0.3, 0.4) is 0 Å². The number of carbonyl (C=O) groups is 2. The second-order valence-electron chi connectivity index (χ2n) is 7.85. The van der Waals surface area contributed by atoms with Crippen LogP contribution in [0.4, 0.5) is 0 Å². The minimum Gasteiger partial charge on any atom is -0.461 e.